The fraction of sp³-hybridized carbons (Fsp3) is 0.333. The highest BCUT2D eigenvalue weighted by atomic mass is 32.1. The Morgan fingerprint density at radius 2 is 2.28 bits per heavy atom. The number of hydrogen-bond donors (Lipinski definition) is 1. The summed E-state index contributed by atoms with van der Waals surface area (Å²) in [4.78, 5) is 10.6. The van der Waals surface area contributed by atoms with Crippen molar-refractivity contribution in [2.24, 2.45) is 0 Å². The average Bonchev–Trinajstić information content (AvgIpc) is 2.81. The van der Waals surface area contributed by atoms with E-state index in [1.165, 1.54) is 5.56 Å². The van der Waals surface area contributed by atoms with E-state index in [2.05, 4.69) is 26.8 Å². The molecule has 0 fully saturated rings. The van der Waals surface area contributed by atoms with Gasteiger partial charge in [-0.15, -0.1) is 0 Å². The lowest BCUT2D eigenvalue weighted by atomic mass is 10.3. The van der Waals surface area contributed by atoms with Gasteiger partial charge in [-0.2, -0.15) is 11.3 Å². The number of aromatic nitrogens is 2. The minimum atomic E-state index is 0.365. The Hall–Kier alpha value is -1.66. The first-order chi connectivity index (χ1) is 8.69. The predicted molar refractivity (Wildman–Crippen MR) is 73.6 cm³/mol. The quantitative estimate of drug-likeness (QED) is 0.893. The number of methoxy groups -OCH3 is 1. The van der Waals surface area contributed by atoms with Crippen molar-refractivity contribution < 1.29 is 4.74 Å². The van der Waals surface area contributed by atoms with Crippen LogP contribution in [-0.4, -0.2) is 24.1 Å². The van der Waals surface area contributed by atoms with E-state index in [9.17, 15) is 0 Å². The predicted octanol–water partition coefficient (Wildman–Crippen LogP) is 1.90. The van der Waals surface area contributed by atoms with Gasteiger partial charge in [0.25, 0.3) is 0 Å². The van der Waals surface area contributed by atoms with Gasteiger partial charge in [0, 0.05) is 26.8 Å². The summed E-state index contributed by atoms with van der Waals surface area (Å²) < 4.78 is 5.03. The zero-order valence-electron chi connectivity index (χ0n) is 10.5. The van der Waals surface area contributed by atoms with Crippen molar-refractivity contribution in [2.45, 2.75) is 13.2 Å². The number of rotatable bonds is 5. The fourth-order valence-corrected chi connectivity index (χ4v) is 2.29. The van der Waals surface area contributed by atoms with Crippen LogP contribution in [0, 0.1) is 0 Å². The van der Waals surface area contributed by atoms with E-state index in [4.69, 9.17) is 10.5 Å². The molecule has 0 radical (unpaired) electrons. The highest BCUT2D eigenvalue weighted by Gasteiger charge is 2.08. The van der Waals surface area contributed by atoms with Crippen LogP contribution in [0.5, 0.6) is 0 Å². The Balaban J connectivity index is 2.16. The van der Waals surface area contributed by atoms with Crippen LogP contribution >= 0.6 is 11.3 Å². The molecule has 0 unspecified atom stereocenters. The van der Waals surface area contributed by atoms with E-state index < -0.39 is 0 Å². The number of anilines is 2. The minimum Gasteiger partial charge on any atom is -0.384 e. The Kier molecular flexibility index (Phi) is 4.11. The fourth-order valence-electron chi connectivity index (χ4n) is 1.63. The molecule has 0 bridgehead atoms. The van der Waals surface area contributed by atoms with Crippen LogP contribution in [0.1, 0.15) is 11.4 Å². The molecule has 18 heavy (non-hydrogen) atoms. The third-order valence-corrected chi connectivity index (χ3v) is 3.18. The SMILES string of the molecule is COCc1nc(N)cc(N(C)Cc2ccsc2)n1. The molecule has 0 aliphatic carbocycles. The first-order valence-corrected chi connectivity index (χ1v) is 6.48. The lowest BCUT2D eigenvalue weighted by Gasteiger charge is -2.18. The highest BCUT2D eigenvalue weighted by Crippen LogP contribution is 2.17. The van der Waals surface area contributed by atoms with Crippen molar-refractivity contribution in [1.29, 1.82) is 0 Å². The second-order valence-electron chi connectivity index (χ2n) is 3.99. The lowest BCUT2D eigenvalue weighted by molar-refractivity contribution is 0.178. The third-order valence-electron chi connectivity index (χ3n) is 2.44. The Labute approximate surface area is 110 Å². The first-order valence-electron chi connectivity index (χ1n) is 5.53. The molecule has 0 aliphatic heterocycles. The standard InChI is InChI=1S/C12H16N4OS/c1-16(6-9-3-4-18-8-9)12-5-10(13)14-11(15-12)7-17-2/h3-5,8H,6-7H2,1-2H3,(H2,13,14,15). The van der Waals surface area contributed by atoms with Crippen LogP contribution in [-0.2, 0) is 17.9 Å². The van der Waals surface area contributed by atoms with Gasteiger partial charge < -0.3 is 15.4 Å². The van der Waals surface area contributed by atoms with E-state index in [-0.39, 0.29) is 0 Å². The van der Waals surface area contributed by atoms with E-state index >= 15 is 0 Å². The summed E-state index contributed by atoms with van der Waals surface area (Å²) >= 11 is 1.69. The van der Waals surface area contributed by atoms with Gasteiger partial charge in [0.2, 0.25) is 0 Å². The van der Waals surface area contributed by atoms with Crippen LogP contribution < -0.4 is 10.6 Å². The Morgan fingerprint density at radius 1 is 1.44 bits per heavy atom. The molecule has 0 saturated heterocycles. The smallest absolute Gasteiger partial charge is 0.158 e. The van der Waals surface area contributed by atoms with Crippen LogP contribution in [0.3, 0.4) is 0 Å². The molecule has 0 saturated carbocycles. The van der Waals surface area contributed by atoms with E-state index in [0.29, 0.717) is 18.2 Å². The molecular formula is C12H16N4OS. The number of ether oxygens (including phenoxy) is 1. The Morgan fingerprint density at radius 3 is 2.94 bits per heavy atom. The maximum atomic E-state index is 5.77. The Bertz CT molecular complexity index is 501. The molecule has 2 aromatic rings. The molecule has 6 heteroatoms. The maximum absolute atomic E-state index is 5.77. The first kappa shape index (κ1) is 12.8. The third kappa shape index (κ3) is 3.18. The highest BCUT2D eigenvalue weighted by molar-refractivity contribution is 7.07. The van der Waals surface area contributed by atoms with Crippen LogP contribution in [0.2, 0.25) is 0 Å². The molecule has 0 aromatic carbocycles. The molecule has 2 rings (SSSR count). The van der Waals surface area contributed by atoms with Gasteiger partial charge in [0.15, 0.2) is 5.82 Å². The molecular weight excluding hydrogens is 248 g/mol. The zero-order valence-corrected chi connectivity index (χ0v) is 11.3. The maximum Gasteiger partial charge on any atom is 0.158 e. The summed E-state index contributed by atoms with van der Waals surface area (Å²) in [6.45, 7) is 1.16. The minimum absolute atomic E-state index is 0.365. The van der Waals surface area contributed by atoms with Gasteiger partial charge in [-0.25, -0.2) is 9.97 Å². The number of nitrogens with two attached hydrogens (primary N) is 1. The van der Waals surface area contributed by atoms with Crippen molar-refractivity contribution in [3.05, 3.63) is 34.3 Å². The second kappa shape index (κ2) is 5.79. The van der Waals surface area contributed by atoms with Gasteiger partial charge in [0.1, 0.15) is 18.2 Å². The molecule has 0 spiro atoms. The van der Waals surface area contributed by atoms with Crippen molar-refractivity contribution in [3.63, 3.8) is 0 Å². The summed E-state index contributed by atoms with van der Waals surface area (Å²) in [6, 6.07) is 3.87. The molecule has 5 nitrogen and oxygen atoms in total. The average molecular weight is 264 g/mol. The number of hydrogen-bond acceptors (Lipinski definition) is 6. The molecule has 2 heterocycles. The molecule has 2 N–H and O–H groups in total. The monoisotopic (exact) mass is 264 g/mol. The second-order valence-corrected chi connectivity index (χ2v) is 4.77. The largest absolute Gasteiger partial charge is 0.384 e. The van der Waals surface area contributed by atoms with Crippen LogP contribution in [0.15, 0.2) is 22.9 Å². The van der Waals surface area contributed by atoms with E-state index in [0.717, 1.165) is 12.4 Å². The molecule has 2 aromatic heterocycles. The summed E-state index contributed by atoms with van der Waals surface area (Å²) in [7, 11) is 3.59. The van der Waals surface area contributed by atoms with Gasteiger partial charge in [0.05, 0.1) is 0 Å². The lowest BCUT2D eigenvalue weighted by Crippen LogP contribution is -2.19. The van der Waals surface area contributed by atoms with E-state index in [1.807, 2.05) is 11.9 Å². The normalized spacial score (nSPS) is 10.6. The van der Waals surface area contributed by atoms with Crippen molar-refractivity contribution in [2.75, 3.05) is 24.8 Å². The molecule has 0 aliphatic rings. The molecule has 0 amide bonds. The summed E-state index contributed by atoms with van der Waals surface area (Å²) in [5, 5.41) is 4.19. The number of nitrogen functional groups attached to an aromatic ring is 1. The van der Waals surface area contributed by atoms with Crippen molar-refractivity contribution >= 4 is 23.0 Å². The van der Waals surface area contributed by atoms with Crippen LogP contribution in [0.4, 0.5) is 11.6 Å². The summed E-state index contributed by atoms with van der Waals surface area (Å²) in [5.74, 6) is 1.87. The van der Waals surface area contributed by atoms with Crippen molar-refractivity contribution in [3.8, 4) is 0 Å². The van der Waals surface area contributed by atoms with Gasteiger partial charge in [-0.1, -0.05) is 0 Å². The molecule has 96 valence electrons. The van der Waals surface area contributed by atoms with Crippen molar-refractivity contribution in [1.82, 2.24) is 9.97 Å². The molecule has 0 atom stereocenters. The van der Waals surface area contributed by atoms with Gasteiger partial charge >= 0.3 is 0 Å². The number of thiophene rings is 1. The zero-order chi connectivity index (χ0) is 13.0. The van der Waals surface area contributed by atoms with Crippen LogP contribution in [0.25, 0.3) is 0 Å². The van der Waals surface area contributed by atoms with Gasteiger partial charge in [-0.05, 0) is 22.4 Å². The topological polar surface area (TPSA) is 64.3 Å². The summed E-state index contributed by atoms with van der Waals surface area (Å²) in [6.07, 6.45) is 0. The van der Waals surface area contributed by atoms with E-state index in [1.54, 1.807) is 24.5 Å². The van der Waals surface area contributed by atoms with Gasteiger partial charge in [-0.3, -0.25) is 0 Å². The number of nitrogens with zero attached hydrogens (tertiary/aromatic N) is 3. The summed E-state index contributed by atoms with van der Waals surface area (Å²) in [5.41, 5.74) is 7.03.